The van der Waals surface area contributed by atoms with E-state index >= 15 is 0 Å². The molecule has 0 aliphatic rings. The van der Waals surface area contributed by atoms with Gasteiger partial charge in [-0.05, 0) is 42.3 Å². The van der Waals surface area contributed by atoms with Crippen LogP contribution in [0.25, 0.3) is 0 Å². The van der Waals surface area contributed by atoms with Crippen molar-refractivity contribution >= 4 is 11.6 Å². The Balaban J connectivity index is 1.94. The molecule has 20 heavy (non-hydrogen) atoms. The van der Waals surface area contributed by atoms with Crippen LogP contribution in [0.1, 0.15) is 24.9 Å². The maximum absolute atomic E-state index is 12.8. The van der Waals surface area contributed by atoms with Crippen LogP contribution in [0.2, 0.25) is 0 Å². The molecule has 1 unspecified atom stereocenters. The van der Waals surface area contributed by atoms with Gasteiger partial charge in [0.1, 0.15) is 12.4 Å². The number of nitrogens with one attached hydrogen (secondary N) is 1. The van der Waals surface area contributed by atoms with Crippen molar-refractivity contribution in [3.8, 4) is 0 Å². The van der Waals surface area contributed by atoms with E-state index in [1.807, 2.05) is 25.4 Å². The number of anilines is 1. The monoisotopic (exact) mass is 275 g/mol. The number of halogens is 1. The van der Waals surface area contributed by atoms with E-state index in [0.29, 0.717) is 5.69 Å². The maximum atomic E-state index is 12.8. The lowest BCUT2D eigenvalue weighted by Crippen LogP contribution is -2.18. The van der Waals surface area contributed by atoms with Crippen molar-refractivity contribution in [2.24, 2.45) is 5.73 Å². The number of carbonyl (C=O) groups is 1. The fourth-order valence-corrected chi connectivity index (χ4v) is 1.91. The molecule has 0 aliphatic carbocycles. The zero-order valence-corrected chi connectivity index (χ0v) is 11.3. The second-order valence-electron chi connectivity index (χ2n) is 4.69. The summed E-state index contributed by atoms with van der Waals surface area (Å²) in [4.78, 5) is 11.9. The van der Waals surface area contributed by atoms with E-state index in [2.05, 4.69) is 5.32 Å². The number of nitrogens with zero attached hydrogens (tertiary/aromatic N) is 1. The lowest BCUT2D eigenvalue weighted by molar-refractivity contribution is -0.116. The Labute approximate surface area is 117 Å². The summed E-state index contributed by atoms with van der Waals surface area (Å²) in [7, 11) is 0. The van der Waals surface area contributed by atoms with Crippen LogP contribution in [0.3, 0.4) is 0 Å². The summed E-state index contributed by atoms with van der Waals surface area (Å²) < 4.78 is 14.5. The molecule has 3 N–H and O–H groups in total. The predicted octanol–water partition coefficient (Wildman–Crippen LogP) is 2.68. The molecular weight excluding hydrogens is 257 g/mol. The first-order valence-corrected chi connectivity index (χ1v) is 6.55. The summed E-state index contributed by atoms with van der Waals surface area (Å²) >= 11 is 0. The van der Waals surface area contributed by atoms with Crippen LogP contribution in [0.4, 0.5) is 10.1 Å². The number of amides is 1. The minimum Gasteiger partial charge on any atom is -0.345 e. The van der Waals surface area contributed by atoms with Crippen LogP contribution < -0.4 is 11.1 Å². The summed E-state index contributed by atoms with van der Waals surface area (Å²) in [6.45, 7) is 2.22. The second kappa shape index (κ2) is 6.34. The number of aromatic nitrogens is 1. The van der Waals surface area contributed by atoms with Gasteiger partial charge >= 0.3 is 0 Å². The molecule has 0 fully saturated rings. The highest BCUT2D eigenvalue weighted by Crippen LogP contribution is 2.14. The number of hydrogen-bond acceptors (Lipinski definition) is 2. The molecule has 0 saturated carbocycles. The van der Waals surface area contributed by atoms with Crippen LogP contribution >= 0.6 is 0 Å². The Hall–Kier alpha value is -2.14. The fraction of sp³-hybridized carbons (Fsp3) is 0.267. The second-order valence-corrected chi connectivity index (χ2v) is 4.69. The third-order valence-corrected chi connectivity index (χ3v) is 3.10. The van der Waals surface area contributed by atoms with E-state index in [4.69, 9.17) is 5.73 Å². The van der Waals surface area contributed by atoms with Gasteiger partial charge in [0.05, 0.1) is 0 Å². The van der Waals surface area contributed by atoms with Crippen molar-refractivity contribution in [3.05, 3.63) is 54.1 Å². The molecule has 0 saturated heterocycles. The van der Waals surface area contributed by atoms with Gasteiger partial charge in [0.15, 0.2) is 0 Å². The van der Waals surface area contributed by atoms with E-state index in [1.165, 1.54) is 24.3 Å². The summed E-state index contributed by atoms with van der Waals surface area (Å²) in [5.41, 5.74) is 7.52. The summed E-state index contributed by atoms with van der Waals surface area (Å²) in [5, 5.41) is 2.71. The highest BCUT2D eigenvalue weighted by molar-refractivity contribution is 5.90. The van der Waals surface area contributed by atoms with Crippen molar-refractivity contribution in [1.82, 2.24) is 4.57 Å². The molecule has 0 aliphatic heterocycles. The molecule has 4 nitrogen and oxygen atoms in total. The Kier molecular flexibility index (Phi) is 4.53. The van der Waals surface area contributed by atoms with Gasteiger partial charge in [-0.15, -0.1) is 0 Å². The van der Waals surface area contributed by atoms with Crippen molar-refractivity contribution < 1.29 is 9.18 Å². The fourth-order valence-electron chi connectivity index (χ4n) is 1.91. The lowest BCUT2D eigenvalue weighted by Gasteiger charge is -2.07. The van der Waals surface area contributed by atoms with Gasteiger partial charge in [-0.1, -0.05) is 6.92 Å². The van der Waals surface area contributed by atoms with Crippen LogP contribution in [-0.4, -0.2) is 10.5 Å². The van der Waals surface area contributed by atoms with E-state index < -0.39 is 0 Å². The Morgan fingerprint density at radius 2 is 2.05 bits per heavy atom. The van der Waals surface area contributed by atoms with E-state index in [0.717, 1.165) is 12.0 Å². The quantitative estimate of drug-likeness (QED) is 0.881. The average molecular weight is 275 g/mol. The molecule has 0 radical (unpaired) electrons. The van der Waals surface area contributed by atoms with Gasteiger partial charge in [-0.25, -0.2) is 4.39 Å². The maximum Gasteiger partial charge on any atom is 0.244 e. The van der Waals surface area contributed by atoms with Gasteiger partial charge in [-0.3, -0.25) is 4.79 Å². The molecule has 1 heterocycles. The van der Waals surface area contributed by atoms with Crippen molar-refractivity contribution in [3.63, 3.8) is 0 Å². The lowest BCUT2D eigenvalue weighted by atomic mass is 10.1. The first-order chi connectivity index (χ1) is 9.58. The number of hydrogen-bond donors (Lipinski definition) is 2. The van der Waals surface area contributed by atoms with E-state index in [1.54, 1.807) is 4.57 Å². The van der Waals surface area contributed by atoms with Crippen LogP contribution in [0.5, 0.6) is 0 Å². The van der Waals surface area contributed by atoms with Gasteiger partial charge in [-0.2, -0.15) is 0 Å². The zero-order valence-electron chi connectivity index (χ0n) is 11.3. The molecule has 1 atom stereocenters. The molecule has 2 rings (SSSR count). The number of nitrogens with two attached hydrogens (primary N) is 1. The van der Waals surface area contributed by atoms with E-state index in [9.17, 15) is 9.18 Å². The SMILES string of the molecule is CCC(N)c1ccn(CC(=O)Nc2ccc(F)cc2)c1. The van der Waals surface area contributed by atoms with E-state index in [-0.39, 0.29) is 24.3 Å². The molecule has 1 aromatic carbocycles. The predicted molar refractivity (Wildman–Crippen MR) is 76.7 cm³/mol. The molecule has 2 aromatic rings. The smallest absolute Gasteiger partial charge is 0.244 e. The van der Waals surface area contributed by atoms with Crippen molar-refractivity contribution in [2.45, 2.75) is 25.9 Å². The van der Waals surface area contributed by atoms with Gasteiger partial charge in [0, 0.05) is 24.1 Å². The van der Waals surface area contributed by atoms with Crippen molar-refractivity contribution in [2.75, 3.05) is 5.32 Å². The topological polar surface area (TPSA) is 60.0 Å². The largest absolute Gasteiger partial charge is 0.345 e. The van der Waals surface area contributed by atoms with Crippen LogP contribution in [0.15, 0.2) is 42.7 Å². The Morgan fingerprint density at radius 1 is 1.35 bits per heavy atom. The van der Waals surface area contributed by atoms with Gasteiger partial charge in [0.2, 0.25) is 5.91 Å². The summed E-state index contributed by atoms with van der Waals surface area (Å²) in [6, 6.07) is 7.59. The third-order valence-electron chi connectivity index (χ3n) is 3.10. The molecule has 0 spiro atoms. The standard InChI is InChI=1S/C15H18FN3O/c1-2-14(17)11-7-8-19(9-11)10-15(20)18-13-5-3-12(16)4-6-13/h3-9,14H,2,10,17H2,1H3,(H,18,20). The normalized spacial score (nSPS) is 12.2. The number of carbonyl (C=O) groups excluding carboxylic acids is 1. The van der Waals surface area contributed by atoms with Crippen LogP contribution in [0, 0.1) is 5.82 Å². The zero-order chi connectivity index (χ0) is 14.5. The minimum absolute atomic E-state index is 0.00332. The first kappa shape index (κ1) is 14.3. The number of benzene rings is 1. The van der Waals surface area contributed by atoms with Crippen LogP contribution in [-0.2, 0) is 11.3 Å². The highest BCUT2D eigenvalue weighted by Gasteiger charge is 2.07. The highest BCUT2D eigenvalue weighted by atomic mass is 19.1. The summed E-state index contributed by atoms with van der Waals surface area (Å²) in [6.07, 6.45) is 4.55. The third kappa shape index (κ3) is 3.68. The Morgan fingerprint density at radius 3 is 2.70 bits per heavy atom. The Bertz CT molecular complexity index is 577. The molecule has 5 heteroatoms. The average Bonchev–Trinajstić information content (AvgIpc) is 2.89. The molecule has 0 bridgehead atoms. The van der Waals surface area contributed by atoms with Gasteiger partial charge in [0.25, 0.3) is 0 Å². The first-order valence-electron chi connectivity index (χ1n) is 6.55. The summed E-state index contributed by atoms with van der Waals surface area (Å²) in [5.74, 6) is -0.490. The molecular formula is C15H18FN3O. The number of rotatable bonds is 5. The molecule has 1 aromatic heterocycles. The minimum atomic E-state index is -0.327. The van der Waals surface area contributed by atoms with Gasteiger partial charge < -0.3 is 15.6 Å². The van der Waals surface area contributed by atoms with Crippen molar-refractivity contribution in [1.29, 1.82) is 0 Å². The molecule has 106 valence electrons. The molecule has 1 amide bonds.